The van der Waals surface area contributed by atoms with Crippen molar-refractivity contribution in [1.82, 2.24) is 10.2 Å². The van der Waals surface area contributed by atoms with E-state index in [9.17, 15) is 14.4 Å². The number of para-hydroxylation sites is 1. The highest BCUT2D eigenvalue weighted by Gasteiger charge is 2.51. The number of amides is 3. The molecule has 1 spiro atoms. The summed E-state index contributed by atoms with van der Waals surface area (Å²) in [5, 5.41) is 5.68. The van der Waals surface area contributed by atoms with Crippen LogP contribution in [0.4, 0.5) is 5.69 Å². The van der Waals surface area contributed by atoms with Crippen molar-refractivity contribution in [3.8, 4) is 0 Å². The number of piperidine rings is 1. The number of nitrogens with zero attached hydrogens (tertiary/aromatic N) is 1. The van der Waals surface area contributed by atoms with Crippen molar-refractivity contribution in [3.05, 3.63) is 54.0 Å². The predicted molar refractivity (Wildman–Crippen MR) is 104 cm³/mol. The third-order valence-corrected chi connectivity index (χ3v) is 5.35. The van der Waals surface area contributed by atoms with Gasteiger partial charge >= 0.3 is 0 Å². The minimum atomic E-state index is -0.866. The number of hydrogen-bond acceptors (Lipinski definition) is 5. The quantitative estimate of drug-likeness (QED) is 0.828. The number of hydrogen-bond donors (Lipinski definition) is 2. The van der Waals surface area contributed by atoms with Gasteiger partial charge in [0.2, 0.25) is 0 Å². The second-order valence-electron chi connectivity index (χ2n) is 7.83. The maximum absolute atomic E-state index is 13.1. The third-order valence-electron chi connectivity index (χ3n) is 5.35. The molecule has 0 unspecified atom stereocenters. The minimum absolute atomic E-state index is 0.136. The van der Waals surface area contributed by atoms with Crippen molar-refractivity contribution >= 4 is 23.4 Å². The number of benzene rings is 1. The van der Waals surface area contributed by atoms with Crippen LogP contribution in [0.5, 0.6) is 0 Å². The molecular formula is C21H23N3O5. The van der Waals surface area contributed by atoms with Crippen LogP contribution < -0.4 is 10.6 Å². The summed E-state index contributed by atoms with van der Waals surface area (Å²) >= 11 is 0. The third kappa shape index (κ3) is 3.63. The lowest BCUT2D eigenvalue weighted by atomic mass is 9.99. The molecule has 2 saturated heterocycles. The van der Waals surface area contributed by atoms with Crippen molar-refractivity contribution in [2.75, 3.05) is 18.4 Å². The van der Waals surface area contributed by atoms with E-state index in [-0.39, 0.29) is 17.6 Å². The molecule has 29 heavy (non-hydrogen) atoms. The molecule has 3 amide bonds. The zero-order valence-electron chi connectivity index (χ0n) is 16.4. The van der Waals surface area contributed by atoms with E-state index in [1.807, 2.05) is 0 Å². The van der Waals surface area contributed by atoms with Crippen molar-refractivity contribution < 1.29 is 23.5 Å². The fraction of sp³-hybridized carbons (Fsp3) is 0.381. The molecule has 0 bridgehead atoms. The number of rotatable bonds is 3. The normalized spacial score (nSPS) is 19.8. The van der Waals surface area contributed by atoms with Gasteiger partial charge in [-0.25, -0.2) is 0 Å². The molecule has 2 aromatic rings. The van der Waals surface area contributed by atoms with Gasteiger partial charge in [-0.15, -0.1) is 0 Å². The average molecular weight is 397 g/mol. The molecule has 3 heterocycles. The van der Waals surface area contributed by atoms with Crippen molar-refractivity contribution in [2.24, 2.45) is 0 Å². The van der Waals surface area contributed by atoms with E-state index < -0.39 is 17.2 Å². The topological polar surface area (TPSA) is 101 Å². The Morgan fingerprint density at radius 1 is 1.10 bits per heavy atom. The Labute approximate surface area is 168 Å². The Kier molecular flexibility index (Phi) is 4.66. The number of likely N-dealkylation sites (tertiary alicyclic amines) is 1. The molecule has 152 valence electrons. The first-order valence-electron chi connectivity index (χ1n) is 9.56. The first-order valence-corrected chi connectivity index (χ1v) is 9.56. The lowest BCUT2D eigenvalue weighted by Gasteiger charge is -2.39. The van der Waals surface area contributed by atoms with E-state index in [0.29, 0.717) is 37.2 Å². The van der Waals surface area contributed by atoms with Crippen LogP contribution in [0, 0.1) is 0 Å². The van der Waals surface area contributed by atoms with E-state index in [0.717, 1.165) is 0 Å². The molecule has 2 fully saturated rings. The van der Waals surface area contributed by atoms with Crippen molar-refractivity contribution in [2.45, 2.75) is 38.0 Å². The van der Waals surface area contributed by atoms with Crippen LogP contribution in [0.15, 0.2) is 47.1 Å². The Hall–Kier alpha value is -3.13. The van der Waals surface area contributed by atoms with E-state index >= 15 is 0 Å². The number of ether oxygens (including phenoxy) is 1. The van der Waals surface area contributed by atoms with Gasteiger partial charge in [0.05, 0.1) is 17.5 Å². The molecule has 2 aliphatic rings. The summed E-state index contributed by atoms with van der Waals surface area (Å²) in [5.41, 5.74) is -0.759. The van der Waals surface area contributed by atoms with Gasteiger partial charge in [0.15, 0.2) is 5.76 Å². The summed E-state index contributed by atoms with van der Waals surface area (Å²) in [6, 6.07) is 10.1. The van der Waals surface area contributed by atoms with Crippen LogP contribution >= 0.6 is 0 Å². The van der Waals surface area contributed by atoms with Crippen molar-refractivity contribution in [3.63, 3.8) is 0 Å². The van der Waals surface area contributed by atoms with Crippen LogP contribution in [-0.4, -0.2) is 47.0 Å². The maximum Gasteiger partial charge on any atom is 0.291 e. The van der Waals surface area contributed by atoms with Gasteiger partial charge < -0.3 is 24.7 Å². The highest BCUT2D eigenvalue weighted by atomic mass is 16.6. The van der Waals surface area contributed by atoms with Crippen molar-refractivity contribution in [1.29, 1.82) is 0 Å². The zero-order chi connectivity index (χ0) is 20.6. The Morgan fingerprint density at radius 2 is 1.83 bits per heavy atom. The van der Waals surface area contributed by atoms with Crippen LogP contribution in [0.2, 0.25) is 0 Å². The van der Waals surface area contributed by atoms with Gasteiger partial charge in [-0.05, 0) is 38.1 Å². The summed E-state index contributed by atoms with van der Waals surface area (Å²) in [4.78, 5) is 39.2. The SMILES string of the molecule is CC1(C)OC2(CCN(C(=O)c3ccccc3NC(=O)c3ccco3)CC2)NC1=O. The first-order chi connectivity index (χ1) is 13.8. The number of nitrogens with one attached hydrogen (secondary N) is 2. The van der Waals surface area contributed by atoms with Gasteiger partial charge in [0, 0.05) is 25.9 Å². The Morgan fingerprint density at radius 3 is 2.45 bits per heavy atom. The standard InChI is InChI=1S/C21H23N3O5/c1-20(2)19(27)23-21(29-20)9-11-24(12-10-21)18(26)14-6-3-4-7-15(14)22-17(25)16-8-5-13-28-16/h3-8,13H,9-12H2,1-2H3,(H,22,25)(H,23,27). The molecule has 8 heteroatoms. The number of anilines is 1. The predicted octanol–water partition coefficient (Wildman–Crippen LogP) is 2.39. The van der Waals surface area contributed by atoms with Gasteiger partial charge in [-0.2, -0.15) is 0 Å². The zero-order valence-corrected chi connectivity index (χ0v) is 16.4. The molecule has 4 rings (SSSR count). The highest BCUT2D eigenvalue weighted by Crippen LogP contribution is 2.35. The molecule has 8 nitrogen and oxygen atoms in total. The van der Waals surface area contributed by atoms with Gasteiger partial charge in [-0.3, -0.25) is 14.4 Å². The van der Waals surface area contributed by atoms with E-state index in [2.05, 4.69) is 10.6 Å². The maximum atomic E-state index is 13.1. The number of carbonyl (C=O) groups is 3. The molecular weight excluding hydrogens is 374 g/mol. The van der Waals surface area contributed by atoms with Crippen LogP contribution in [0.1, 0.15) is 47.6 Å². The summed E-state index contributed by atoms with van der Waals surface area (Å²) < 4.78 is 11.1. The van der Waals surface area contributed by atoms with Crippen LogP contribution in [0.3, 0.4) is 0 Å². The second-order valence-corrected chi connectivity index (χ2v) is 7.83. The summed E-state index contributed by atoms with van der Waals surface area (Å²) in [6.45, 7) is 4.37. The molecule has 0 radical (unpaired) electrons. The number of carbonyl (C=O) groups excluding carboxylic acids is 3. The minimum Gasteiger partial charge on any atom is -0.459 e. The summed E-state index contributed by atoms with van der Waals surface area (Å²) in [6.07, 6.45) is 2.43. The van der Waals surface area contributed by atoms with Gasteiger partial charge in [0.25, 0.3) is 17.7 Å². The van der Waals surface area contributed by atoms with Crippen LogP contribution in [-0.2, 0) is 9.53 Å². The Balaban J connectivity index is 1.46. The fourth-order valence-corrected chi connectivity index (χ4v) is 3.76. The lowest BCUT2D eigenvalue weighted by Crippen LogP contribution is -2.53. The average Bonchev–Trinajstić information content (AvgIpc) is 3.29. The van der Waals surface area contributed by atoms with E-state index in [4.69, 9.17) is 9.15 Å². The highest BCUT2D eigenvalue weighted by molar-refractivity contribution is 6.07. The first kappa shape index (κ1) is 19.2. The van der Waals surface area contributed by atoms with E-state index in [1.165, 1.54) is 6.26 Å². The van der Waals surface area contributed by atoms with Gasteiger partial charge in [-0.1, -0.05) is 12.1 Å². The Bertz CT molecular complexity index is 943. The molecule has 0 aliphatic carbocycles. The molecule has 0 saturated carbocycles. The van der Waals surface area contributed by atoms with Crippen LogP contribution in [0.25, 0.3) is 0 Å². The molecule has 2 aliphatic heterocycles. The second kappa shape index (κ2) is 7.04. The number of furan rings is 1. The van der Waals surface area contributed by atoms with E-state index in [1.54, 1.807) is 55.1 Å². The smallest absolute Gasteiger partial charge is 0.291 e. The monoisotopic (exact) mass is 397 g/mol. The molecule has 0 atom stereocenters. The largest absolute Gasteiger partial charge is 0.459 e. The molecule has 1 aromatic heterocycles. The van der Waals surface area contributed by atoms with Gasteiger partial charge in [0.1, 0.15) is 11.3 Å². The molecule has 2 N–H and O–H groups in total. The fourth-order valence-electron chi connectivity index (χ4n) is 3.76. The molecule has 1 aromatic carbocycles. The lowest BCUT2D eigenvalue weighted by molar-refractivity contribution is -0.138. The summed E-state index contributed by atoms with van der Waals surface area (Å²) in [5.74, 6) is -0.567. The summed E-state index contributed by atoms with van der Waals surface area (Å²) in [7, 11) is 0.